The monoisotopic (exact) mass is 241 g/mol. The zero-order valence-electron chi connectivity index (χ0n) is 7.78. The normalized spacial score (nSPS) is 10.1. The van der Waals surface area contributed by atoms with Crippen molar-refractivity contribution in [2.75, 3.05) is 5.32 Å². The number of nitrogens with zero attached hydrogens (tertiary/aromatic N) is 2. The highest BCUT2D eigenvalue weighted by Crippen LogP contribution is 2.19. The van der Waals surface area contributed by atoms with Crippen LogP contribution < -0.4 is 5.32 Å². The molecule has 0 aliphatic heterocycles. The van der Waals surface area contributed by atoms with Crippen molar-refractivity contribution < 1.29 is 13.8 Å². The molecule has 0 atom stereocenters. The van der Waals surface area contributed by atoms with E-state index < -0.39 is 11.7 Å². The first kappa shape index (κ1) is 10.6. The van der Waals surface area contributed by atoms with Gasteiger partial charge in [-0.3, -0.25) is 4.79 Å². The van der Waals surface area contributed by atoms with Gasteiger partial charge in [0.15, 0.2) is 5.69 Å². The van der Waals surface area contributed by atoms with Crippen LogP contribution in [0.15, 0.2) is 29.0 Å². The average Bonchev–Trinajstić information content (AvgIpc) is 2.77. The molecule has 0 radical (unpaired) electrons. The van der Waals surface area contributed by atoms with E-state index in [4.69, 9.17) is 11.6 Å². The van der Waals surface area contributed by atoms with Crippen LogP contribution in [0.1, 0.15) is 10.5 Å². The van der Waals surface area contributed by atoms with Crippen LogP contribution in [0, 0.1) is 5.82 Å². The minimum absolute atomic E-state index is 0.0282. The smallest absolute Gasteiger partial charge is 0.279 e. The van der Waals surface area contributed by atoms with Gasteiger partial charge < -0.3 is 5.32 Å². The molecule has 1 aromatic carbocycles. The van der Waals surface area contributed by atoms with E-state index in [9.17, 15) is 9.18 Å². The molecule has 1 amide bonds. The standard InChI is InChI=1S/C9H5ClFN3O2/c10-6-3-5(1-2-7(6)11)13-9(15)8-4-12-16-14-8/h1-4H,(H,13,15). The predicted molar refractivity (Wildman–Crippen MR) is 53.7 cm³/mol. The van der Waals surface area contributed by atoms with Crippen LogP contribution in [0.2, 0.25) is 5.02 Å². The summed E-state index contributed by atoms with van der Waals surface area (Å²) in [4.78, 5) is 11.5. The minimum atomic E-state index is -0.553. The van der Waals surface area contributed by atoms with Crippen LogP contribution in [0.4, 0.5) is 10.1 Å². The SMILES string of the molecule is O=C(Nc1ccc(F)c(Cl)c1)c1cnon1. The molecule has 7 heteroatoms. The topological polar surface area (TPSA) is 68.0 Å². The summed E-state index contributed by atoms with van der Waals surface area (Å²) in [5.74, 6) is -1.06. The van der Waals surface area contributed by atoms with Crippen molar-refractivity contribution in [1.29, 1.82) is 0 Å². The molecule has 0 aliphatic carbocycles. The highest BCUT2D eigenvalue weighted by atomic mass is 35.5. The van der Waals surface area contributed by atoms with Gasteiger partial charge in [-0.25, -0.2) is 9.02 Å². The van der Waals surface area contributed by atoms with Gasteiger partial charge in [0.25, 0.3) is 5.91 Å². The van der Waals surface area contributed by atoms with E-state index in [1.807, 2.05) is 0 Å². The second-order valence-corrected chi connectivity index (χ2v) is 3.28. The van der Waals surface area contributed by atoms with E-state index in [1.165, 1.54) is 18.3 Å². The number of halogens is 2. The van der Waals surface area contributed by atoms with E-state index in [-0.39, 0.29) is 10.7 Å². The van der Waals surface area contributed by atoms with E-state index in [2.05, 4.69) is 20.3 Å². The summed E-state index contributed by atoms with van der Waals surface area (Å²) in [6, 6.07) is 3.83. The summed E-state index contributed by atoms with van der Waals surface area (Å²) in [5.41, 5.74) is 0.389. The third-order valence-electron chi connectivity index (χ3n) is 1.77. The van der Waals surface area contributed by atoms with Crippen LogP contribution >= 0.6 is 11.6 Å². The first-order valence-corrected chi connectivity index (χ1v) is 4.58. The number of carbonyl (C=O) groups excluding carboxylic acids is 1. The zero-order chi connectivity index (χ0) is 11.5. The van der Waals surface area contributed by atoms with Crippen molar-refractivity contribution in [3.8, 4) is 0 Å². The van der Waals surface area contributed by atoms with Crippen molar-refractivity contribution >= 4 is 23.2 Å². The number of carbonyl (C=O) groups is 1. The van der Waals surface area contributed by atoms with Gasteiger partial charge in [-0.1, -0.05) is 16.8 Å². The Morgan fingerprint density at radius 1 is 1.50 bits per heavy atom. The molecule has 0 bridgehead atoms. The van der Waals surface area contributed by atoms with Gasteiger partial charge in [0.1, 0.15) is 12.0 Å². The van der Waals surface area contributed by atoms with Crippen LogP contribution in [-0.2, 0) is 0 Å². The molecule has 2 aromatic rings. The molecule has 0 unspecified atom stereocenters. The average molecular weight is 242 g/mol. The Labute approximate surface area is 94.2 Å². The molecule has 0 spiro atoms. The maximum absolute atomic E-state index is 12.8. The third kappa shape index (κ3) is 2.17. The summed E-state index contributed by atoms with van der Waals surface area (Å²) in [6.07, 6.45) is 1.17. The van der Waals surface area contributed by atoms with Crippen LogP contribution in [0.3, 0.4) is 0 Å². The van der Waals surface area contributed by atoms with Crippen LogP contribution in [0.25, 0.3) is 0 Å². The number of nitrogens with one attached hydrogen (secondary N) is 1. The number of hydrogen-bond donors (Lipinski definition) is 1. The Hall–Kier alpha value is -1.95. The molecule has 1 N–H and O–H groups in total. The lowest BCUT2D eigenvalue weighted by Gasteiger charge is -2.02. The first-order valence-electron chi connectivity index (χ1n) is 4.21. The Morgan fingerprint density at radius 2 is 2.31 bits per heavy atom. The quantitative estimate of drug-likeness (QED) is 0.874. The lowest BCUT2D eigenvalue weighted by atomic mass is 10.3. The van der Waals surface area contributed by atoms with Crippen molar-refractivity contribution in [3.63, 3.8) is 0 Å². The number of rotatable bonds is 2. The lowest BCUT2D eigenvalue weighted by Crippen LogP contribution is -2.12. The highest BCUT2D eigenvalue weighted by Gasteiger charge is 2.10. The van der Waals surface area contributed by atoms with Gasteiger partial charge in [-0.05, 0) is 23.4 Å². The Bertz CT molecular complexity index is 515. The molecule has 0 aliphatic rings. The van der Waals surface area contributed by atoms with Crippen molar-refractivity contribution in [1.82, 2.24) is 10.3 Å². The maximum atomic E-state index is 12.8. The molecule has 0 saturated heterocycles. The van der Waals surface area contributed by atoms with E-state index in [0.717, 1.165) is 6.07 Å². The van der Waals surface area contributed by atoms with Crippen molar-refractivity contribution in [3.05, 3.63) is 40.9 Å². The number of benzene rings is 1. The minimum Gasteiger partial charge on any atom is -0.320 e. The van der Waals surface area contributed by atoms with E-state index in [1.54, 1.807) is 0 Å². The predicted octanol–water partition coefficient (Wildman–Crippen LogP) is 2.11. The molecular formula is C9H5ClFN3O2. The molecule has 16 heavy (non-hydrogen) atoms. The largest absolute Gasteiger partial charge is 0.320 e. The van der Waals surface area contributed by atoms with Crippen molar-refractivity contribution in [2.24, 2.45) is 0 Å². The Balaban J connectivity index is 2.15. The Kier molecular flexibility index (Phi) is 2.82. The summed E-state index contributed by atoms with van der Waals surface area (Å²) in [5, 5.41) is 9.02. The van der Waals surface area contributed by atoms with E-state index in [0.29, 0.717) is 5.69 Å². The highest BCUT2D eigenvalue weighted by molar-refractivity contribution is 6.31. The molecule has 5 nitrogen and oxygen atoms in total. The fraction of sp³-hybridized carbons (Fsp3) is 0. The second kappa shape index (κ2) is 4.28. The molecule has 1 heterocycles. The van der Waals surface area contributed by atoms with Crippen molar-refractivity contribution in [2.45, 2.75) is 0 Å². The first-order chi connectivity index (χ1) is 7.66. The molecular weight excluding hydrogens is 237 g/mol. The second-order valence-electron chi connectivity index (χ2n) is 2.88. The third-order valence-corrected chi connectivity index (χ3v) is 2.06. The van der Waals surface area contributed by atoms with Gasteiger partial charge in [0, 0.05) is 5.69 Å². The molecule has 82 valence electrons. The summed E-state index contributed by atoms with van der Waals surface area (Å²) < 4.78 is 17.1. The van der Waals surface area contributed by atoms with E-state index >= 15 is 0 Å². The van der Waals surface area contributed by atoms with Gasteiger partial charge in [0.05, 0.1) is 5.02 Å². The van der Waals surface area contributed by atoms with Gasteiger partial charge in [-0.15, -0.1) is 0 Å². The summed E-state index contributed by atoms with van der Waals surface area (Å²) in [6.45, 7) is 0. The number of amides is 1. The molecule has 0 fully saturated rings. The number of anilines is 1. The fourth-order valence-electron chi connectivity index (χ4n) is 1.03. The van der Waals surface area contributed by atoms with Gasteiger partial charge >= 0.3 is 0 Å². The fourth-order valence-corrected chi connectivity index (χ4v) is 1.21. The molecule has 0 saturated carbocycles. The summed E-state index contributed by atoms with van der Waals surface area (Å²) in [7, 11) is 0. The summed E-state index contributed by atoms with van der Waals surface area (Å²) >= 11 is 5.55. The maximum Gasteiger partial charge on any atom is 0.279 e. The van der Waals surface area contributed by atoms with Crippen LogP contribution in [0.5, 0.6) is 0 Å². The zero-order valence-corrected chi connectivity index (χ0v) is 8.53. The van der Waals surface area contributed by atoms with Crippen LogP contribution in [-0.4, -0.2) is 16.2 Å². The lowest BCUT2D eigenvalue weighted by molar-refractivity contribution is 0.101. The molecule has 1 aromatic heterocycles. The number of aromatic nitrogens is 2. The number of hydrogen-bond acceptors (Lipinski definition) is 4. The molecule has 2 rings (SSSR count). The van der Waals surface area contributed by atoms with Gasteiger partial charge in [-0.2, -0.15) is 0 Å². The van der Waals surface area contributed by atoms with Gasteiger partial charge in [0.2, 0.25) is 0 Å². The Morgan fingerprint density at radius 3 is 2.94 bits per heavy atom.